The maximum absolute atomic E-state index is 10.9. The Morgan fingerprint density at radius 1 is 1.33 bits per heavy atom. The highest BCUT2D eigenvalue weighted by atomic mass is 79.9. The Kier molecular flexibility index (Phi) is 4.10. The second-order valence-corrected chi connectivity index (χ2v) is 4.69. The summed E-state index contributed by atoms with van der Waals surface area (Å²) in [5, 5.41) is 0. The summed E-state index contributed by atoms with van der Waals surface area (Å²) >= 11 is 3.38. The monoisotopic (exact) mass is 305 g/mol. The number of ether oxygens (including phenoxy) is 1. The van der Waals surface area contributed by atoms with Gasteiger partial charge in [-0.1, -0.05) is 12.1 Å². The van der Waals surface area contributed by atoms with Crippen molar-refractivity contribution in [2.24, 2.45) is 0 Å². The Bertz CT molecular complexity index is 569. The molecule has 0 saturated carbocycles. The lowest BCUT2D eigenvalue weighted by atomic mass is 10.2. The molecule has 0 aliphatic carbocycles. The van der Waals surface area contributed by atoms with E-state index < -0.39 is 0 Å². The minimum absolute atomic E-state index is 0.343. The Morgan fingerprint density at radius 2 is 2.17 bits per heavy atom. The third-order valence-electron chi connectivity index (χ3n) is 2.60. The normalized spacial score (nSPS) is 10.1. The van der Waals surface area contributed by atoms with Gasteiger partial charge in [0.1, 0.15) is 12.4 Å². The van der Waals surface area contributed by atoms with Crippen LogP contribution in [0.2, 0.25) is 0 Å². The summed E-state index contributed by atoms with van der Waals surface area (Å²) in [5.74, 6) is 0.553. The molecule has 0 atom stereocenters. The van der Waals surface area contributed by atoms with Crippen molar-refractivity contribution < 1.29 is 9.53 Å². The molecule has 0 aliphatic rings. The zero-order valence-corrected chi connectivity index (χ0v) is 11.5. The Morgan fingerprint density at radius 3 is 2.89 bits per heavy atom. The molecule has 0 fully saturated rings. The number of carbonyl (C=O) groups excluding carboxylic acids is 1. The Labute approximate surface area is 114 Å². The van der Waals surface area contributed by atoms with Gasteiger partial charge in [0.25, 0.3) is 0 Å². The Hall–Kier alpha value is -1.68. The highest BCUT2D eigenvalue weighted by Gasteiger charge is 2.08. The largest absolute Gasteiger partial charge is 0.485 e. The number of aryl methyl sites for hydroxylation is 1. The predicted molar refractivity (Wildman–Crippen MR) is 72.8 cm³/mol. The van der Waals surface area contributed by atoms with E-state index in [1.807, 2.05) is 25.1 Å². The summed E-state index contributed by atoms with van der Waals surface area (Å²) in [6.07, 6.45) is 2.51. The summed E-state index contributed by atoms with van der Waals surface area (Å²) in [7, 11) is 0. The third kappa shape index (κ3) is 2.76. The molecular formula is C14H12BrNO2. The van der Waals surface area contributed by atoms with Gasteiger partial charge in [-0.2, -0.15) is 0 Å². The molecule has 1 heterocycles. The molecule has 0 N–H and O–H groups in total. The van der Waals surface area contributed by atoms with E-state index in [4.69, 9.17) is 4.74 Å². The number of nitrogens with zero attached hydrogens (tertiary/aromatic N) is 1. The summed E-state index contributed by atoms with van der Waals surface area (Å²) in [5.41, 5.74) is 2.46. The van der Waals surface area contributed by atoms with Crippen LogP contribution in [0.4, 0.5) is 0 Å². The fourth-order valence-electron chi connectivity index (χ4n) is 1.58. The number of para-hydroxylation sites is 1. The van der Waals surface area contributed by atoms with Crippen LogP contribution in [0.1, 0.15) is 21.6 Å². The number of benzene rings is 1. The third-order valence-corrected chi connectivity index (χ3v) is 3.22. The van der Waals surface area contributed by atoms with Crippen LogP contribution in [-0.4, -0.2) is 11.3 Å². The topological polar surface area (TPSA) is 39.2 Å². The van der Waals surface area contributed by atoms with Crippen molar-refractivity contribution >= 4 is 22.2 Å². The fraction of sp³-hybridized carbons (Fsp3) is 0.143. The number of hydrogen-bond donors (Lipinski definition) is 0. The average molecular weight is 306 g/mol. The molecule has 92 valence electrons. The molecule has 2 rings (SSSR count). The van der Waals surface area contributed by atoms with Crippen molar-refractivity contribution in [2.45, 2.75) is 13.5 Å². The van der Waals surface area contributed by atoms with Crippen LogP contribution in [0.25, 0.3) is 0 Å². The van der Waals surface area contributed by atoms with Crippen molar-refractivity contribution in [1.82, 2.24) is 4.98 Å². The molecular weight excluding hydrogens is 294 g/mol. The lowest BCUT2D eigenvalue weighted by Gasteiger charge is -2.11. The molecule has 0 radical (unpaired) electrons. The molecule has 0 bridgehead atoms. The van der Waals surface area contributed by atoms with Gasteiger partial charge in [-0.15, -0.1) is 0 Å². The van der Waals surface area contributed by atoms with Crippen LogP contribution < -0.4 is 4.74 Å². The second-order valence-electron chi connectivity index (χ2n) is 3.83. The zero-order valence-electron chi connectivity index (χ0n) is 9.89. The molecule has 0 aliphatic heterocycles. The molecule has 3 nitrogen and oxygen atoms in total. The molecule has 0 spiro atoms. The van der Waals surface area contributed by atoms with E-state index >= 15 is 0 Å². The van der Waals surface area contributed by atoms with Crippen molar-refractivity contribution in [1.29, 1.82) is 0 Å². The molecule has 4 heteroatoms. The minimum Gasteiger partial charge on any atom is -0.485 e. The van der Waals surface area contributed by atoms with Gasteiger partial charge in [-0.3, -0.25) is 9.78 Å². The average Bonchev–Trinajstić information content (AvgIpc) is 2.39. The number of rotatable bonds is 4. The van der Waals surface area contributed by atoms with Crippen LogP contribution in [0.15, 0.2) is 41.0 Å². The number of hydrogen-bond acceptors (Lipinski definition) is 3. The molecule has 1 aromatic carbocycles. The van der Waals surface area contributed by atoms with E-state index in [0.717, 1.165) is 22.0 Å². The number of pyridine rings is 1. The van der Waals surface area contributed by atoms with Gasteiger partial charge in [0.15, 0.2) is 6.29 Å². The first-order valence-corrected chi connectivity index (χ1v) is 6.28. The first kappa shape index (κ1) is 12.8. The maximum atomic E-state index is 10.9. The molecule has 0 unspecified atom stereocenters. The standard InChI is InChI=1S/C14H12BrNO2/c1-10-4-3-7-16-13(10)9-18-14-11(8-17)5-2-6-12(14)15/h2-8H,9H2,1H3. The SMILES string of the molecule is Cc1cccnc1COc1c(Br)cccc1C=O. The van der Waals surface area contributed by atoms with Gasteiger partial charge < -0.3 is 4.74 Å². The summed E-state index contributed by atoms with van der Waals surface area (Å²) in [6.45, 7) is 2.32. The van der Waals surface area contributed by atoms with E-state index in [2.05, 4.69) is 20.9 Å². The number of carbonyl (C=O) groups is 1. The highest BCUT2D eigenvalue weighted by molar-refractivity contribution is 9.10. The first-order valence-electron chi connectivity index (χ1n) is 5.49. The Balaban J connectivity index is 2.21. The number of aldehydes is 1. The minimum atomic E-state index is 0.343. The van der Waals surface area contributed by atoms with Gasteiger partial charge in [0.2, 0.25) is 0 Å². The van der Waals surface area contributed by atoms with E-state index in [1.165, 1.54) is 0 Å². The van der Waals surface area contributed by atoms with E-state index in [9.17, 15) is 4.79 Å². The second kappa shape index (κ2) is 5.78. The van der Waals surface area contributed by atoms with Crippen LogP contribution in [0, 0.1) is 6.92 Å². The summed E-state index contributed by atoms with van der Waals surface area (Å²) in [4.78, 5) is 15.2. The number of aromatic nitrogens is 1. The zero-order chi connectivity index (χ0) is 13.0. The molecule has 18 heavy (non-hydrogen) atoms. The first-order chi connectivity index (χ1) is 8.72. The van der Waals surface area contributed by atoms with Crippen molar-refractivity contribution in [3.8, 4) is 5.75 Å². The van der Waals surface area contributed by atoms with E-state index in [-0.39, 0.29) is 0 Å². The van der Waals surface area contributed by atoms with Crippen LogP contribution in [-0.2, 0) is 6.61 Å². The number of halogens is 1. The van der Waals surface area contributed by atoms with E-state index in [0.29, 0.717) is 17.9 Å². The lowest BCUT2D eigenvalue weighted by molar-refractivity contribution is 0.111. The lowest BCUT2D eigenvalue weighted by Crippen LogP contribution is -2.02. The van der Waals surface area contributed by atoms with Gasteiger partial charge in [-0.25, -0.2) is 0 Å². The fourth-order valence-corrected chi connectivity index (χ4v) is 2.08. The van der Waals surface area contributed by atoms with Gasteiger partial charge in [-0.05, 0) is 46.6 Å². The molecule has 1 aromatic heterocycles. The quantitative estimate of drug-likeness (QED) is 0.811. The van der Waals surface area contributed by atoms with Gasteiger partial charge in [0, 0.05) is 6.20 Å². The van der Waals surface area contributed by atoms with Gasteiger partial charge >= 0.3 is 0 Å². The predicted octanol–water partition coefficient (Wildman–Crippen LogP) is 3.54. The maximum Gasteiger partial charge on any atom is 0.153 e. The summed E-state index contributed by atoms with van der Waals surface area (Å²) in [6, 6.07) is 9.22. The van der Waals surface area contributed by atoms with Crippen molar-refractivity contribution in [3.05, 3.63) is 57.8 Å². The van der Waals surface area contributed by atoms with E-state index in [1.54, 1.807) is 18.3 Å². The van der Waals surface area contributed by atoms with Crippen LogP contribution in [0.5, 0.6) is 5.75 Å². The molecule has 0 amide bonds. The molecule has 2 aromatic rings. The molecule has 0 saturated heterocycles. The summed E-state index contributed by atoms with van der Waals surface area (Å²) < 4.78 is 6.45. The van der Waals surface area contributed by atoms with Crippen molar-refractivity contribution in [2.75, 3.05) is 0 Å². The van der Waals surface area contributed by atoms with Crippen LogP contribution >= 0.6 is 15.9 Å². The smallest absolute Gasteiger partial charge is 0.153 e. The van der Waals surface area contributed by atoms with Crippen molar-refractivity contribution in [3.63, 3.8) is 0 Å². The highest BCUT2D eigenvalue weighted by Crippen LogP contribution is 2.28. The van der Waals surface area contributed by atoms with Crippen LogP contribution in [0.3, 0.4) is 0 Å². The van der Waals surface area contributed by atoms with Gasteiger partial charge in [0.05, 0.1) is 15.7 Å².